The average Bonchev–Trinajstić information content (AvgIpc) is 3.24. The highest BCUT2D eigenvalue weighted by molar-refractivity contribution is 7.98. The third-order valence-electron chi connectivity index (χ3n) is 9.98. The van der Waals surface area contributed by atoms with Gasteiger partial charge in [0.15, 0.2) is 0 Å². The van der Waals surface area contributed by atoms with Gasteiger partial charge in [0.25, 0.3) is 5.91 Å². The van der Waals surface area contributed by atoms with Gasteiger partial charge in [0.2, 0.25) is 11.8 Å². The highest BCUT2D eigenvalue weighted by Crippen LogP contribution is 2.55. The Hall–Kier alpha value is -2.71. The molecule has 2 aromatic carbocycles. The molecule has 1 unspecified atom stereocenters. The van der Waals surface area contributed by atoms with E-state index >= 15 is 0 Å². The Balaban J connectivity index is 0.961. The summed E-state index contributed by atoms with van der Waals surface area (Å²) in [5, 5.41) is 6.30. The van der Waals surface area contributed by atoms with Crippen molar-refractivity contribution in [3.63, 3.8) is 0 Å². The lowest BCUT2D eigenvalue weighted by molar-refractivity contribution is -0.136. The van der Waals surface area contributed by atoms with E-state index in [0.29, 0.717) is 33.7 Å². The summed E-state index contributed by atoms with van der Waals surface area (Å²) in [7, 11) is 0. The highest BCUT2D eigenvalue weighted by atomic mass is 32.2. The number of fused-ring (bicyclic) bond motifs is 1. The van der Waals surface area contributed by atoms with Crippen LogP contribution in [0.2, 0.25) is 0 Å². The zero-order valence-electron chi connectivity index (χ0n) is 22.7. The summed E-state index contributed by atoms with van der Waals surface area (Å²) in [6, 6.07) is 10.7. The molecule has 8 heteroatoms. The number of carbonyl (C=O) groups excluding carboxylic acids is 3. The van der Waals surface area contributed by atoms with Crippen LogP contribution in [0.25, 0.3) is 0 Å². The number of hydrogen-bond acceptors (Lipinski definition) is 5. The second-order valence-corrected chi connectivity index (χ2v) is 13.8. The molecule has 1 saturated heterocycles. The Labute approximate surface area is 238 Å². The summed E-state index contributed by atoms with van der Waals surface area (Å²) in [6.07, 6.45) is 9.98. The number of carbonyl (C=O) groups is 3. The summed E-state index contributed by atoms with van der Waals surface area (Å²) in [6.45, 7) is 1.19. The molecule has 2 aromatic rings. The molecule has 40 heavy (non-hydrogen) atoms. The Morgan fingerprint density at radius 3 is 2.30 bits per heavy atom. The number of amides is 3. The summed E-state index contributed by atoms with van der Waals surface area (Å²) >= 11 is 1.39. The minimum absolute atomic E-state index is 0.177. The van der Waals surface area contributed by atoms with E-state index in [9.17, 15) is 18.8 Å². The third kappa shape index (κ3) is 4.87. The maximum absolute atomic E-state index is 15.0. The van der Waals surface area contributed by atoms with Crippen LogP contribution in [-0.2, 0) is 28.3 Å². The van der Waals surface area contributed by atoms with Gasteiger partial charge >= 0.3 is 0 Å². The lowest BCUT2D eigenvalue weighted by atomic mass is 9.53. The fourth-order valence-corrected chi connectivity index (χ4v) is 9.56. The van der Waals surface area contributed by atoms with E-state index in [0.717, 1.165) is 36.3 Å². The molecular weight excluding hydrogens is 525 g/mol. The van der Waals surface area contributed by atoms with Crippen LogP contribution in [0.5, 0.6) is 0 Å². The Bertz CT molecular complexity index is 1320. The number of hydrogen-bond donors (Lipinski definition) is 2. The van der Waals surface area contributed by atoms with Gasteiger partial charge in [-0.1, -0.05) is 24.3 Å². The van der Waals surface area contributed by atoms with Gasteiger partial charge in [-0.2, -0.15) is 0 Å². The monoisotopic (exact) mass is 561 g/mol. The largest absolute Gasteiger partial charge is 0.322 e. The van der Waals surface area contributed by atoms with E-state index < -0.39 is 11.9 Å². The lowest BCUT2D eigenvalue weighted by Gasteiger charge is -2.57. The molecule has 5 fully saturated rings. The van der Waals surface area contributed by atoms with E-state index in [1.165, 1.54) is 72.9 Å². The van der Waals surface area contributed by atoms with Crippen LogP contribution in [0.1, 0.15) is 78.4 Å². The van der Waals surface area contributed by atoms with Crippen molar-refractivity contribution in [1.29, 1.82) is 0 Å². The Kier molecular flexibility index (Phi) is 6.74. The number of thioether (sulfide) groups is 1. The molecule has 3 amide bonds. The molecule has 4 aliphatic carbocycles. The zero-order valence-corrected chi connectivity index (χ0v) is 23.5. The number of nitrogens with one attached hydrogen (secondary N) is 2. The Morgan fingerprint density at radius 1 is 0.950 bits per heavy atom. The smallest absolute Gasteiger partial charge is 0.255 e. The first-order valence-corrected chi connectivity index (χ1v) is 15.8. The fraction of sp³-hybridized carbons (Fsp3) is 0.531. The standard InChI is InChI=1S/C32H36FN3O3S/c33-26-6-5-24-25(17-36(31(24)39)27-7-8-28(37)35-30(27)38)29(26)40-18-20-3-1-19(2-4-20)9-10-34-32-14-21-11-22(15-32)13-23(12-21)16-32/h1-6,21-23,27,34H,7-18H2,(H,35,37,38). The van der Waals surface area contributed by atoms with Crippen LogP contribution in [-0.4, -0.2) is 40.7 Å². The summed E-state index contributed by atoms with van der Waals surface area (Å²) in [5.41, 5.74) is 3.87. The number of halogens is 1. The van der Waals surface area contributed by atoms with E-state index in [4.69, 9.17) is 0 Å². The second kappa shape index (κ2) is 10.3. The maximum atomic E-state index is 15.0. The summed E-state index contributed by atoms with van der Waals surface area (Å²) in [4.78, 5) is 39.0. The van der Waals surface area contributed by atoms with E-state index in [-0.39, 0.29) is 30.6 Å². The van der Waals surface area contributed by atoms with Crippen molar-refractivity contribution < 1.29 is 18.8 Å². The van der Waals surface area contributed by atoms with E-state index in [1.54, 1.807) is 0 Å². The molecule has 2 aliphatic heterocycles. The van der Waals surface area contributed by atoms with Gasteiger partial charge in [-0.05, 0) is 98.9 Å². The molecule has 2 N–H and O–H groups in total. The van der Waals surface area contributed by atoms with Crippen molar-refractivity contribution in [2.24, 2.45) is 17.8 Å². The molecule has 1 atom stereocenters. The molecule has 2 heterocycles. The summed E-state index contributed by atoms with van der Waals surface area (Å²) in [5.74, 6) is 2.02. The normalized spacial score (nSPS) is 30.6. The molecule has 0 aromatic heterocycles. The lowest BCUT2D eigenvalue weighted by Crippen LogP contribution is -2.58. The molecule has 8 rings (SSSR count). The van der Waals surface area contributed by atoms with Gasteiger partial charge in [-0.3, -0.25) is 19.7 Å². The first kappa shape index (κ1) is 26.2. The van der Waals surface area contributed by atoms with Crippen molar-refractivity contribution in [1.82, 2.24) is 15.5 Å². The molecule has 4 saturated carbocycles. The van der Waals surface area contributed by atoms with Crippen LogP contribution >= 0.6 is 11.8 Å². The van der Waals surface area contributed by atoms with Gasteiger partial charge < -0.3 is 10.2 Å². The average molecular weight is 562 g/mol. The van der Waals surface area contributed by atoms with Crippen molar-refractivity contribution in [2.45, 2.75) is 86.6 Å². The fourth-order valence-electron chi connectivity index (χ4n) is 8.50. The quantitative estimate of drug-likeness (QED) is 0.351. The molecule has 210 valence electrons. The van der Waals surface area contributed by atoms with Gasteiger partial charge in [0, 0.05) is 40.3 Å². The number of imide groups is 1. The molecule has 6 nitrogen and oxygen atoms in total. The van der Waals surface area contributed by atoms with Crippen molar-refractivity contribution in [2.75, 3.05) is 6.54 Å². The van der Waals surface area contributed by atoms with E-state index in [1.807, 2.05) is 0 Å². The van der Waals surface area contributed by atoms with E-state index in [2.05, 4.69) is 34.9 Å². The Morgan fingerprint density at radius 2 is 1.62 bits per heavy atom. The summed E-state index contributed by atoms with van der Waals surface area (Å²) < 4.78 is 15.0. The number of piperidine rings is 1. The molecule has 4 bridgehead atoms. The van der Waals surface area contributed by atoms with Crippen LogP contribution in [0, 0.1) is 23.6 Å². The predicted octanol–water partition coefficient (Wildman–Crippen LogP) is 4.98. The molecule has 0 spiro atoms. The topological polar surface area (TPSA) is 78.5 Å². The first-order valence-electron chi connectivity index (χ1n) is 14.8. The first-order chi connectivity index (χ1) is 19.4. The third-order valence-corrected chi connectivity index (χ3v) is 11.2. The number of nitrogens with zero attached hydrogens (tertiary/aromatic N) is 1. The number of benzene rings is 2. The molecular formula is C32H36FN3O3S. The minimum Gasteiger partial charge on any atom is -0.322 e. The van der Waals surface area contributed by atoms with Gasteiger partial charge in [0.05, 0.1) is 0 Å². The van der Waals surface area contributed by atoms with Crippen molar-refractivity contribution in [3.8, 4) is 0 Å². The second-order valence-electron chi connectivity index (χ2n) is 12.8. The maximum Gasteiger partial charge on any atom is 0.255 e. The van der Waals surface area contributed by atoms with Crippen LogP contribution in [0.4, 0.5) is 4.39 Å². The van der Waals surface area contributed by atoms with Crippen molar-refractivity contribution in [3.05, 3.63) is 64.5 Å². The minimum atomic E-state index is -0.705. The van der Waals surface area contributed by atoms with Crippen molar-refractivity contribution >= 4 is 29.5 Å². The predicted molar refractivity (Wildman–Crippen MR) is 151 cm³/mol. The van der Waals surface area contributed by atoms with Gasteiger partial charge in [0.1, 0.15) is 11.9 Å². The number of rotatable bonds is 8. The van der Waals surface area contributed by atoms with Gasteiger partial charge in [-0.15, -0.1) is 11.8 Å². The van der Waals surface area contributed by atoms with Crippen LogP contribution in [0.15, 0.2) is 41.3 Å². The van der Waals surface area contributed by atoms with Crippen LogP contribution in [0.3, 0.4) is 0 Å². The molecule has 0 radical (unpaired) electrons. The van der Waals surface area contributed by atoms with Crippen LogP contribution < -0.4 is 10.6 Å². The SMILES string of the molecule is O=C1CCC(N2Cc3c(ccc(F)c3SCc3ccc(CCNC45CC6CC(CC(C6)C4)C5)cc3)C2=O)C(=O)N1. The highest BCUT2D eigenvalue weighted by Gasteiger charge is 2.50. The van der Waals surface area contributed by atoms with Gasteiger partial charge in [-0.25, -0.2) is 4.39 Å². The molecule has 6 aliphatic rings. The zero-order chi connectivity index (χ0) is 27.4.